The number of benzene rings is 1. The summed E-state index contributed by atoms with van der Waals surface area (Å²) < 4.78 is 5.94. The van der Waals surface area contributed by atoms with Crippen molar-refractivity contribution in [2.45, 2.75) is 45.3 Å². The average Bonchev–Trinajstić information content (AvgIpc) is 2.44. The molecule has 1 unspecified atom stereocenters. The number of rotatable bonds is 4. The van der Waals surface area contributed by atoms with Gasteiger partial charge in [-0.05, 0) is 44.5 Å². The molecule has 116 valence electrons. The number of carbonyl (C=O) groups is 1. The number of fused-ring (bicyclic) bond motifs is 1. The third-order valence-electron chi connectivity index (χ3n) is 3.63. The molecule has 1 aromatic carbocycles. The highest BCUT2D eigenvalue weighted by molar-refractivity contribution is 5.95. The molecule has 2 rings (SSSR count). The van der Waals surface area contributed by atoms with E-state index in [1.807, 2.05) is 39.0 Å². The van der Waals surface area contributed by atoms with Crippen LogP contribution in [0.2, 0.25) is 0 Å². The molecule has 1 amide bonds. The Morgan fingerprint density at radius 1 is 1.52 bits per heavy atom. The zero-order valence-corrected chi connectivity index (χ0v) is 12.9. The topological polar surface area (TPSA) is 75.8 Å². The Labute approximate surface area is 125 Å². The molecule has 3 N–H and O–H groups in total. The van der Waals surface area contributed by atoms with Gasteiger partial charge in [0.05, 0.1) is 18.3 Å². The molecule has 1 aromatic rings. The number of aliphatic hydroxyl groups is 1. The molecule has 1 atom stereocenters. The Hall–Kier alpha value is -1.59. The number of amides is 1. The van der Waals surface area contributed by atoms with E-state index in [2.05, 4.69) is 0 Å². The van der Waals surface area contributed by atoms with Crippen molar-refractivity contribution in [3.63, 3.8) is 0 Å². The first-order valence-electron chi connectivity index (χ1n) is 7.39. The van der Waals surface area contributed by atoms with E-state index < -0.39 is 11.7 Å². The lowest BCUT2D eigenvalue weighted by Crippen LogP contribution is -2.49. The molecule has 0 spiro atoms. The summed E-state index contributed by atoms with van der Waals surface area (Å²) in [7, 11) is 0. The monoisotopic (exact) mass is 292 g/mol. The van der Waals surface area contributed by atoms with Crippen LogP contribution in [0.3, 0.4) is 0 Å². The highest BCUT2D eigenvalue weighted by atomic mass is 16.5. The van der Waals surface area contributed by atoms with Crippen molar-refractivity contribution < 1.29 is 14.6 Å². The Morgan fingerprint density at radius 3 is 2.86 bits per heavy atom. The summed E-state index contributed by atoms with van der Waals surface area (Å²) in [6.45, 7) is 6.69. The Kier molecular flexibility index (Phi) is 4.54. The number of hydrogen-bond donors (Lipinski definition) is 2. The predicted octanol–water partition coefficient (Wildman–Crippen LogP) is 1.98. The second-order valence-corrected chi connectivity index (χ2v) is 6.02. The maximum atomic E-state index is 12.2. The summed E-state index contributed by atoms with van der Waals surface area (Å²) >= 11 is 0. The van der Waals surface area contributed by atoms with Gasteiger partial charge in [-0.1, -0.05) is 13.0 Å². The lowest BCUT2D eigenvalue weighted by molar-refractivity contribution is -0.119. The van der Waals surface area contributed by atoms with E-state index >= 15 is 0 Å². The quantitative estimate of drug-likeness (QED) is 0.889. The smallest absolute Gasteiger partial charge is 0.226 e. The highest BCUT2D eigenvalue weighted by Crippen LogP contribution is 2.39. The van der Waals surface area contributed by atoms with Crippen LogP contribution in [0.5, 0.6) is 5.75 Å². The van der Waals surface area contributed by atoms with Gasteiger partial charge in [0.1, 0.15) is 11.4 Å². The van der Waals surface area contributed by atoms with Gasteiger partial charge in [-0.25, -0.2) is 0 Å². The maximum Gasteiger partial charge on any atom is 0.226 e. The minimum absolute atomic E-state index is 0.0538. The number of nitrogens with two attached hydrogens (primary N) is 1. The molecule has 0 aromatic heterocycles. The van der Waals surface area contributed by atoms with Crippen LogP contribution in [0.4, 0.5) is 5.69 Å². The van der Waals surface area contributed by atoms with Gasteiger partial charge < -0.3 is 20.5 Å². The molecule has 0 radical (unpaired) electrons. The van der Waals surface area contributed by atoms with E-state index in [4.69, 9.17) is 10.5 Å². The molecule has 0 saturated carbocycles. The molecule has 0 bridgehead atoms. The summed E-state index contributed by atoms with van der Waals surface area (Å²) in [5.74, 6) is 0.731. The molecule has 0 aliphatic carbocycles. The van der Waals surface area contributed by atoms with Gasteiger partial charge in [0, 0.05) is 6.42 Å². The Morgan fingerprint density at radius 2 is 2.24 bits per heavy atom. The van der Waals surface area contributed by atoms with E-state index in [0.717, 1.165) is 11.3 Å². The van der Waals surface area contributed by atoms with Crippen molar-refractivity contribution in [3.05, 3.63) is 23.8 Å². The average molecular weight is 292 g/mol. The second-order valence-electron chi connectivity index (χ2n) is 6.02. The molecule has 21 heavy (non-hydrogen) atoms. The molecule has 5 nitrogen and oxygen atoms in total. The molecule has 0 fully saturated rings. The largest absolute Gasteiger partial charge is 0.484 e. The fraction of sp³-hybridized carbons (Fsp3) is 0.562. The number of ether oxygens (including phenoxy) is 1. The van der Waals surface area contributed by atoms with Crippen molar-refractivity contribution >= 4 is 11.6 Å². The second kappa shape index (κ2) is 6.03. The van der Waals surface area contributed by atoms with Gasteiger partial charge in [-0.2, -0.15) is 0 Å². The van der Waals surface area contributed by atoms with Crippen LogP contribution in [0, 0.1) is 0 Å². The van der Waals surface area contributed by atoms with Crippen LogP contribution in [0.15, 0.2) is 18.2 Å². The first kappa shape index (κ1) is 15.8. The van der Waals surface area contributed by atoms with E-state index in [0.29, 0.717) is 31.7 Å². The van der Waals surface area contributed by atoms with Crippen LogP contribution in [0.25, 0.3) is 0 Å². The Balaban J connectivity index is 2.41. The molecule has 1 aliphatic heterocycles. The van der Waals surface area contributed by atoms with Crippen LogP contribution < -0.4 is 15.4 Å². The third kappa shape index (κ3) is 3.36. The number of hydrogen-bond acceptors (Lipinski definition) is 4. The lowest BCUT2D eigenvalue weighted by atomic mass is 10.0. The standard InChI is InChI=1S/C16H24N2O3/c1-4-15(20)18-10-16(2,3)21-14-6-5-11(9-12(14)18)13(19)7-8-17/h5-6,9,13,19H,4,7-8,10,17H2,1-3H3. The molecular weight excluding hydrogens is 268 g/mol. The number of nitrogens with zero attached hydrogens (tertiary/aromatic N) is 1. The number of anilines is 1. The first-order valence-corrected chi connectivity index (χ1v) is 7.39. The maximum absolute atomic E-state index is 12.2. The van der Waals surface area contributed by atoms with Gasteiger partial charge in [0.25, 0.3) is 0 Å². The zero-order chi connectivity index (χ0) is 15.6. The number of aliphatic hydroxyl groups excluding tert-OH is 1. The van der Waals surface area contributed by atoms with Crippen molar-refractivity contribution in [2.75, 3.05) is 18.0 Å². The lowest BCUT2D eigenvalue weighted by Gasteiger charge is -2.40. The molecule has 1 aliphatic rings. The van der Waals surface area contributed by atoms with E-state index in [1.165, 1.54) is 0 Å². The van der Waals surface area contributed by atoms with E-state index in [1.54, 1.807) is 4.90 Å². The summed E-state index contributed by atoms with van der Waals surface area (Å²) in [4.78, 5) is 14.0. The van der Waals surface area contributed by atoms with Crippen LogP contribution >= 0.6 is 0 Å². The summed E-state index contributed by atoms with van der Waals surface area (Å²) in [6, 6.07) is 5.48. The van der Waals surface area contributed by atoms with Crippen molar-refractivity contribution in [1.29, 1.82) is 0 Å². The van der Waals surface area contributed by atoms with Crippen LogP contribution in [0.1, 0.15) is 45.3 Å². The fourth-order valence-corrected chi connectivity index (χ4v) is 2.57. The van der Waals surface area contributed by atoms with E-state index in [9.17, 15) is 9.90 Å². The van der Waals surface area contributed by atoms with Crippen molar-refractivity contribution in [3.8, 4) is 5.75 Å². The van der Waals surface area contributed by atoms with Gasteiger partial charge >= 0.3 is 0 Å². The van der Waals surface area contributed by atoms with Crippen LogP contribution in [-0.2, 0) is 4.79 Å². The van der Waals surface area contributed by atoms with Gasteiger partial charge in [-0.3, -0.25) is 4.79 Å². The van der Waals surface area contributed by atoms with Gasteiger partial charge in [0.15, 0.2) is 0 Å². The number of carbonyl (C=O) groups excluding carboxylic acids is 1. The minimum atomic E-state index is -0.617. The normalized spacial score (nSPS) is 17.9. The minimum Gasteiger partial charge on any atom is -0.484 e. The summed E-state index contributed by atoms with van der Waals surface area (Å²) in [5, 5.41) is 10.1. The third-order valence-corrected chi connectivity index (χ3v) is 3.63. The van der Waals surface area contributed by atoms with Crippen molar-refractivity contribution in [1.82, 2.24) is 0 Å². The van der Waals surface area contributed by atoms with Gasteiger partial charge in [0.2, 0.25) is 5.91 Å². The molecule has 1 heterocycles. The van der Waals surface area contributed by atoms with Crippen LogP contribution in [-0.4, -0.2) is 29.7 Å². The molecule has 5 heteroatoms. The summed E-state index contributed by atoms with van der Waals surface area (Å²) in [6.07, 6.45) is 0.312. The Bertz CT molecular complexity index is 528. The van der Waals surface area contributed by atoms with E-state index in [-0.39, 0.29) is 5.91 Å². The predicted molar refractivity (Wildman–Crippen MR) is 82.4 cm³/mol. The van der Waals surface area contributed by atoms with Gasteiger partial charge in [-0.15, -0.1) is 0 Å². The first-order chi connectivity index (χ1) is 9.88. The SMILES string of the molecule is CCC(=O)N1CC(C)(C)Oc2ccc(C(O)CCN)cc21. The highest BCUT2D eigenvalue weighted by Gasteiger charge is 2.34. The zero-order valence-electron chi connectivity index (χ0n) is 12.9. The molecular formula is C16H24N2O3. The molecule has 0 saturated heterocycles. The summed E-state index contributed by atoms with van der Waals surface area (Å²) in [5.41, 5.74) is 6.56. The fourth-order valence-electron chi connectivity index (χ4n) is 2.57. The van der Waals surface area contributed by atoms with Crippen molar-refractivity contribution in [2.24, 2.45) is 5.73 Å².